The predicted molar refractivity (Wildman–Crippen MR) is 165 cm³/mol. The van der Waals surface area contributed by atoms with Crippen molar-refractivity contribution in [3.05, 3.63) is 58.9 Å². The molecule has 0 spiro atoms. The second-order valence-electron chi connectivity index (χ2n) is 11.8. The molecule has 4 N–H and O–H groups in total. The molecule has 3 aromatic rings. The van der Waals surface area contributed by atoms with E-state index in [0.717, 1.165) is 22.5 Å². The molecule has 2 amide bonds. The summed E-state index contributed by atoms with van der Waals surface area (Å²) in [5, 5.41) is 9.36. The van der Waals surface area contributed by atoms with Gasteiger partial charge >= 0.3 is 0 Å². The molecule has 1 heterocycles. The van der Waals surface area contributed by atoms with E-state index < -0.39 is 0 Å². The smallest absolute Gasteiger partial charge is 0.271 e. The van der Waals surface area contributed by atoms with Gasteiger partial charge in [-0.2, -0.15) is 0 Å². The van der Waals surface area contributed by atoms with Gasteiger partial charge in [-0.25, -0.2) is 0 Å². The summed E-state index contributed by atoms with van der Waals surface area (Å²) in [6.45, 7) is 10.5. The van der Waals surface area contributed by atoms with Crippen LogP contribution in [0.15, 0.2) is 36.5 Å². The van der Waals surface area contributed by atoms with Crippen LogP contribution in [0, 0.1) is 12.8 Å². The summed E-state index contributed by atoms with van der Waals surface area (Å²) in [6, 6.07) is 9.72. The zero-order valence-electron chi connectivity index (χ0n) is 24.7. The molecule has 0 saturated heterocycles. The minimum atomic E-state index is -0.246. The van der Waals surface area contributed by atoms with Crippen LogP contribution in [0.25, 0.3) is 5.69 Å². The number of nitrogens with zero attached hydrogens (tertiary/aromatic N) is 1. The Bertz CT molecular complexity index is 1340. The maximum Gasteiger partial charge on any atom is 0.271 e. The van der Waals surface area contributed by atoms with Crippen LogP contribution in [0.2, 0.25) is 0 Å². The van der Waals surface area contributed by atoms with Crippen LogP contribution < -0.4 is 20.1 Å². The van der Waals surface area contributed by atoms with Gasteiger partial charge in [0.2, 0.25) is 0 Å². The van der Waals surface area contributed by atoms with E-state index in [9.17, 15) is 9.59 Å². The number of methoxy groups -OCH3 is 1. The van der Waals surface area contributed by atoms with Crippen molar-refractivity contribution in [1.29, 1.82) is 0 Å². The first kappa shape index (κ1) is 29.6. The van der Waals surface area contributed by atoms with E-state index in [1.165, 1.54) is 44.1 Å². The van der Waals surface area contributed by atoms with Crippen LogP contribution in [0.4, 0.5) is 11.4 Å². The highest BCUT2D eigenvalue weighted by Gasteiger charge is 2.24. The van der Waals surface area contributed by atoms with Crippen LogP contribution in [0.5, 0.6) is 5.75 Å². The van der Waals surface area contributed by atoms with Gasteiger partial charge in [0.25, 0.3) is 11.8 Å². The Morgan fingerprint density at radius 2 is 1.75 bits per heavy atom. The number of H-pyrrole nitrogens is 1. The third-order valence-electron chi connectivity index (χ3n) is 7.81. The molecule has 1 aliphatic carbocycles. The van der Waals surface area contributed by atoms with Crippen molar-refractivity contribution in [2.75, 3.05) is 23.4 Å². The van der Waals surface area contributed by atoms with E-state index in [4.69, 9.17) is 4.74 Å². The first-order valence-electron chi connectivity index (χ1n) is 14.0. The van der Waals surface area contributed by atoms with Crippen molar-refractivity contribution in [1.82, 2.24) is 15.1 Å². The minimum Gasteiger partial charge on any atom is -0.492 e. The fourth-order valence-corrected chi connectivity index (χ4v) is 5.67. The number of aromatic nitrogens is 2. The number of rotatable bonds is 9. The first-order valence-corrected chi connectivity index (χ1v) is 15.3. The molecule has 216 valence electrons. The number of benzene rings is 2. The van der Waals surface area contributed by atoms with Crippen LogP contribution in [-0.2, 0) is 5.41 Å². The Kier molecular flexibility index (Phi) is 9.23. The van der Waals surface area contributed by atoms with Gasteiger partial charge in [0.15, 0.2) is 5.75 Å². The lowest BCUT2D eigenvalue weighted by atomic mass is 9.84. The van der Waals surface area contributed by atoms with Gasteiger partial charge < -0.3 is 20.1 Å². The largest absolute Gasteiger partial charge is 0.492 e. The predicted octanol–water partition coefficient (Wildman–Crippen LogP) is 7.06. The second-order valence-corrected chi connectivity index (χ2v) is 12.4. The highest BCUT2D eigenvalue weighted by Crippen LogP contribution is 2.39. The van der Waals surface area contributed by atoms with Gasteiger partial charge in [-0.05, 0) is 73.4 Å². The summed E-state index contributed by atoms with van der Waals surface area (Å²) in [5.74, 6) is 0.779. The van der Waals surface area contributed by atoms with E-state index in [1.807, 2.05) is 31.4 Å². The van der Waals surface area contributed by atoms with Crippen molar-refractivity contribution in [3.8, 4) is 11.4 Å². The summed E-state index contributed by atoms with van der Waals surface area (Å²) in [5.41, 5.74) is 5.18. The number of hydrogen-bond donors (Lipinski definition) is 4. The Labute approximate surface area is 242 Å². The molecule has 1 saturated carbocycles. The Balaban J connectivity index is 1.52. The third-order valence-corrected chi connectivity index (χ3v) is 8.23. The highest BCUT2D eigenvalue weighted by molar-refractivity contribution is 7.99. The quantitative estimate of drug-likeness (QED) is 0.208. The third kappa shape index (κ3) is 6.69. The van der Waals surface area contributed by atoms with Crippen molar-refractivity contribution in [2.45, 2.75) is 78.2 Å². The normalized spacial score (nSPS) is 15.0. The molecular formula is C31H43N5O3S. The lowest BCUT2D eigenvalue weighted by molar-refractivity contribution is 0.0907. The molecule has 0 aliphatic heterocycles. The molecule has 1 fully saturated rings. The van der Waals surface area contributed by atoms with Gasteiger partial charge in [-0.1, -0.05) is 58.0 Å². The fourth-order valence-electron chi connectivity index (χ4n) is 5.29. The number of hydrogen-bond acceptors (Lipinski definition) is 5. The van der Waals surface area contributed by atoms with Gasteiger partial charge in [-0.3, -0.25) is 19.4 Å². The van der Waals surface area contributed by atoms with Crippen LogP contribution in [0.3, 0.4) is 0 Å². The summed E-state index contributed by atoms with van der Waals surface area (Å²) >= 11 is 1.47. The van der Waals surface area contributed by atoms with Crippen LogP contribution in [0.1, 0.15) is 91.8 Å². The standard InChI is InChI=1S/C31H43N5O3S/c1-19-13-14-22(29(37)33-24-16-23(31(3,4)5)17-25(35-40-7)28(24)39-6)15-27(19)36-18-26(34-36)30(38)32-20(2)21-11-9-8-10-12-21/h13-18,20-21,34-35H,8-12H2,1-7H3,(H,32,38)(H,33,37)/t20-/m0/s1. The number of carbonyl (C=O) groups excluding carboxylic acids is 2. The number of ether oxygens (including phenoxy) is 1. The second kappa shape index (κ2) is 12.5. The molecule has 2 aromatic carbocycles. The molecule has 40 heavy (non-hydrogen) atoms. The summed E-state index contributed by atoms with van der Waals surface area (Å²) < 4.78 is 10.7. The average Bonchev–Trinajstić information content (AvgIpc) is 2.88. The number of nitrogens with one attached hydrogen (secondary N) is 4. The molecule has 9 heteroatoms. The van der Waals surface area contributed by atoms with Gasteiger partial charge in [0, 0.05) is 17.9 Å². The first-order chi connectivity index (χ1) is 19.0. The molecule has 1 atom stereocenters. The monoisotopic (exact) mass is 565 g/mol. The van der Waals surface area contributed by atoms with Crippen molar-refractivity contribution in [3.63, 3.8) is 0 Å². The van der Waals surface area contributed by atoms with E-state index in [1.54, 1.807) is 24.1 Å². The number of aromatic amines is 1. The SMILES string of the molecule is COc1c(NSC)cc(C(C)(C)C)cc1NC(=O)c1ccc(C)c(-n2cc(C(=O)N[C@@H](C)C3CCCCC3)[nH]2)c1. The van der Waals surface area contributed by atoms with Crippen molar-refractivity contribution < 1.29 is 14.3 Å². The van der Waals surface area contributed by atoms with Crippen molar-refractivity contribution >= 4 is 35.1 Å². The molecule has 1 aliphatic rings. The number of amides is 2. The Morgan fingerprint density at radius 1 is 1.07 bits per heavy atom. The highest BCUT2D eigenvalue weighted by atomic mass is 32.2. The lowest BCUT2D eigenvalue weighted by Crippen LogP contribution is -2.40. The molecule has 0 bridgehead atoms. The number of anilines is 2. The summed E-state index contributed by atoms with van der Waals surface area (Å²) in [7, 11) is 1.60. The number of aryl methyl sites for hydroxylation is 1. The van der Waals surface area contributed by atoms with E-state index in [0.29, 0.717) is 28.6 Å². The molecule has 0 radical (unpaired) electrons. The van der Waals surface area contributed by atoms with Gasteiger partial charge in [0.1, 0.15) is 5.69 Å². The van der Waals surface area contributed by atoms with Gasteiger partial charge in [-0.15, -0.1) is 0 Å². The topological polar surface area (TPSA) is 100 Å². The van der Waals surface area contributed by atoms with Crippen LogP contribution >= 0.6 is 11.9 Å². The molecule has 0 unspecified atom stereocenters. The molecule has 1 aromatic heterocycles. The number of carbonyl (C=O) groups is 2. The zero-order chi connectivity index (χ0) is 29.0. The van der Waals surface area contributed by atoms with Crippen molar-refractivity contribution in [2.24, 2.45) is 5.92 Å². The van der Waals surface area contributed by atoms with E-state index in [-0.39, 0.29) is 23.3 Å². The summed E-state index contributed by atoms with van der Waals surface area (Å²) in [4.78, 5) is 26.2. The van der Waals surface area contributed by atoms with Gasteiger partial charge in [0.05, 0.1) is 30.4 Å². The average molecular weight is 566 g/mol. The Morgan fingerprint density at radius 3 is 2.38 bits per heavy atom. The molecular weight excluding hydrogens is 522 g/mol. The molecule has 8 nitrogen and oxygen atoms in total. The van der Waals surface area contributed by atoms with E-state index in [2.05, 4.69) is 54.2 Å². The minimum absolute atomic E-state index is 0.0960. The maximum atomic E-state index is 13.4. The van der Waals surface area contributed by atoms with E-state index >= 15 is 0 Å². The maximum absolute atomic E-state index is 13.4. The fraction of sp³-hybridized carbons (Fsp3) is 0.484. The summed E-state index contributed by atoms with van der Waals surface area (Å²) in [6.07, 6.45) is 9.86. The molecule has 4 rings (SSSR count). The van der Waals surface area contributed by atoms with Crippen LogP contribution in [-0.4, -0.2) is 41.0 Å². The lowest BCUT2D eigenvalue weighted by Gasteiger charge is -2.28. The zero-order valence-corrected chi connectivity index (χ0v) is 25.6. The Hall–Kier alpha value is -3.33.